The van der Waals surface area contributed by atoms with E-state index in [-0.39, 0.29) is 23.6 Å². The van der Waals surface area contributed by atoms with Crippen molar-refractivity contribution in [3.05, 3.63) is 123 Å². The van der Waals surface area contributed by atoms with Gasteiger partial charge in [0.1, 0.15) is 11.4 Å². The minimum Gasteiger partial charge on any atom is -0.444 e. The van der Waals surface area contributed by atoms with Gasteiger partial charge in [0.05, 0.1) is 61.0 Å². The Kier molecular flexibility index (Phi) is 16.3. The van der Waals surface area contributed by atoms with Gasteiger partial charge in [0.2, 0.25) is 12.3 Å². The van der Waals surface area contributed by atoms with Gasteiger partial charge < -0.3 is 34.6 Å². The molecule has 17 heteroatoms. The van der Waals surface area contributed by atoms with Crippen LogP contribution in [0, 0.1) is 12.7 Å². The van der Waals surface area contributed by atoms with E-state index in [4.69, 9.17) is 14.2 Å². The lowest BCUT2D eigenvalue weighted by Gasteiger charge is -2.35. The molecule has 16 nitrogen and oxygen atoms in total. The molecule has 338 valence electrons. The van der Waals surface area contributed by atoms with Crippen LogP contribution in [0.15, 0.2) is 83.8 Å². The molecular formula is C47H55FN8O8. The highest BCUT2D eigenvalue weighted by Crippen LogP contribution is 2.30. The zero-order valence-electron chi connectivity index (χ0n) is 36.6. The van der Waals surface area contributed by atoms with Crippen LogP contribution in [0.1, 0.15) is 59.6 Å². The van der Waals surface area contributed by atoms with Crippen LogP contribution in [0.3, 0.4) is 0 Å². The first kappa shape index (κ1) is 46.9. The maximum Gasteiger partial charge on any atom is 0.412 e. The Balaban J connectivity index is 0.000000234. The Hall–Kier alpha value is -6.56. The number of nitrogens with one attached hydrogen (secondary N) is 4. The lowest BCUT2D eigenvalue weighted by molar-refractivity contribution is -0.131. The summed E-state index contributed by atoms with van der Waals surface area (Å²) in [5, 5.41) is 16.2. The molecule has 4 N–H and O–H groups in total. The number of pyridine rings is 1. The zero-order valence-corrected chi connectivity index (χ0v) is 36.6. The summed E-state index contributed by atoms with van der Waals surface area (Å²) in [5.74, 6) is -0.661. The van der Waals surface area contributed by atoms with E-state index in [2.05, 4.69) is 43.3 Å². The van der Waals surface area contributed by atoms with Crippen LogP contribution in [0.25, 0.3) is 21.9 Å². The topological polar surface area (TPSA) is 197 Å². The molecule has 0 spiro atoms. The van der Waals surface area contributed by atoms with Crippen LogP contribution in [0.4, 0.5) is 14.9 Å². The van der Waals surface area contributed by atoms with Gasteiger partial charge in [0.25, 0.3) is 11.5 Å². The van der Waals surface area contributed by atoms with Crippen molar-refractivity contribution in [2.75, 3.05) is 77.6 Å². The van der Waals surface area contributed by atoms with Gasteiger partial charge in [-0.3, -0.25) is 29.5 Å². The van der Waals surface area contributed by atoms with Crippen LogP contribution in [-0.2, 0) is 30.2 Å². The summed E-state index contributed by atoms with van der Waals surface area (Å²) < 4.78 is 30.6. The molecule has 7 rings (SSSR count). The number of amides is 4. The maximum absolute atomic E-state index is 14.7. The number of ether oxygens (including phenoxy) is 3. The second-order valence-corrected chi connectivity index (χ2v) is 16.4. The average molecular weight is 879 g/mol. The molecule has 0 aliphatic carbocycles. The van der Waals surface area contributed by atoms with Crippen molar-refractivity contribution < 1.29 is 37.8 Å². The molecule has 2 aliphatic heterocycles. The fraction of sp³-hybridized carbons (Fsp3) is 0.383. The van der Waals surface area contributed by atoms with Crippen LogP contribution >= 0.6 is 0 Å². The van der Waals surface area contributed by atoms with Gasteiger partial charge in [-0.25, -0.2) is 14.3 Å². The van der Waals surface area contributed by atoms with Crippen LogP contribution in [0.5, 0.6) is 0 Å². The number of anilines is 1. The third kappa shape index (κ3) is 13.0. The number of hydrogen-bond donors (Lipinski definition) is 4. The molecule has 2 fully saturated rings. The van der Waals surface area contributed by atoms with Gasteiger partial charge in [0.15, 0.2) is 0 Å². The summed E-state index contributed by atoms with van der Waals surface area (Å²) in [6.07, 6.45) is 2.27. The van der Waals surface area contributed by atoms with Crippen molar-refractivity contribution in [1.82, 2.24) is 35.6 Å². The normalized spacial score (nSPS) is 14.0. The quantitative estimate of drug-likeness (QED) is 0.0833. The molecule has 2 saturated heterocycles. The predicted molar refractivity (Wildman–Crippen MR) is 240 cm³/mol. The Morgan fingerprint density at radius 3 is 2.38 bits per heavy atom. The number of aromatic amines is 1. The standard InChI is InChI=1S/C27H31FN6O5.C20H24N2O3/c28-23-6-5-19(16-24-20-3-1-2-4-21(20)26(37)32-31-24)15-22(23)27(38)34-11-9-33(10-12-34)25(36)17-29-7-13-39-14-8-30-18-35;1-13-18(22-19(23)25-20(2,3)4)9-16(10-21-13)14-6-5-7-15(8-14)17-11-24-12-17/h1-6,15,18,29H,7-14,16-17H2,(H,30,35)(H,32,37);5-10,17H,11-12H2,1-4H3,(H,22,23). The first-order chi connectivity index (χ1) is 30.8. The second kappa shape index (κ2) is 22.2. The minimum absolute atomic E-state index is 0.0361. The molecule has 0 bridgehead atoms. The summed E-state index contributed by atoms with van der Waals surface area (Å²) >= 11 is 0. The number of aryl methyl sites for hydroxylation is 1. The first-order valence-electron chi connectivity index (χ1n) is 21.2. The van der Waals surface area contributed by atoms with E-state index < -0.39 is 23.4 Å². The summed E-state index contributed by atoms with van der Waals surface area (Å²) in [6.45, 7) is 12.1. The van der Waals surface area contributed by atoms with Crippen LogP contribution in [0.2, 0.25) is 0 Å². The number of H-pyrrole nitrogens is 1. The van der Waals surface area contributed by atoms with E-state index in [0.717, 1.165) is 30.0 Å². The van der Waals surface area contributed by atoms with Crippen molar-refractivity contribution in [3.8, 4) is 11.1 Å². The largest absolute Gasteiger partial charge is 0.444 e. The number of carbonyl (C=O) groups excluding carboxylic acids is 4. The molecule has 4 heterocycles. The smallest absolute Gasteiger partial charge is 0.412 e. The highest BCUT2D eigenvalue weighted by atomic mass is 19.1. The van der Waals surface area contributed by atoms with Gasteiger partial charge in [0, 0.05) is 68.8 Å². The molecule has 0 saturated carbocycles. The molecule has 64 heavy (non-hydrogen) atoms. The third-order valence-electron chi connectivity index (χ3n) is 10.6. The first-order valence-corrected chi connectivity index (χ1v) is 21.2. The molecule has 0 radical (unpaired) electrons. The number of aromatic nitrogens is 3. The Bertz CT molecular complexity index is 2480. The number of carbonyl (C=O) groups is 4. The number of benzene rings is 3. The van der Waals surface area contributed by atoms with Crippen molar-refractivity contribution >= 4 is 40.8 Å². The predicted octanol–water partition coefficient (Wildman–Crippen LogP) is 4.81. The van der Waals surface area contributed by atoms with Crippen molar-refractivity contribution in [2.45, 2.75) is 45.6 Å². The van der Waals surface area contributed by atoms with Crippen LogP contribution < -0.4 is 21.5 Å². The molecule has 4 amide bonds. The van der Waals surface area contributed by atoms with Crippen molar-refractivity contribution in [2.24, 2.45) is 0 Å². The van der Waals surface area contributed by atoms with E-state index in [1.54, 1.807) is 28.0 Å². The van der Waals surface area contributed by atoms with E-state index in [1.165, 1.54) is 17.7 Å². The number of hydrogen-bond acceptors (Lipinski definition) is 11. The molecule has 5 aromatic rings. The zero-order chi connectivity index (χ0) is 45.6. The molecule has 0 unspecified atom stereocenters. The van der Waals surface area contributed by atoms with Gasteiger partial charge in [-0.05, 0) is 68.7 Å². The monoisotopic (exact) mass is 878 g/mol. The maximum atomic E-state index is 14.7. The number of rotatable bonds is 15. The van der Waals surface area contributed by atoms with Gasteiger partial charge in [-0.2, -0.15) is 5.10 Å². The van der Waals surface area contributed by atoms with Gasteiger partial charge in [-0.15, -0.1) is 0 Å². The summed E-state index contributed by atoms with van der Waals surface area (Å²) in [5.41, 5.74) is 5.15. The highest BCUT2D eigenvalue weighted by Gasteiger charge is 2.27. The van der Waals surface area contributed by atoms with Gasteiger partial charge >= 0.3 is 6.09 Å². The van der Waals surface area contributed by atoms with E-state index >= 15 is 0 Å². The summed E-state index contributed by atoms with van der Waals surface area (Å²) in [7, 11) is 0. The van der Waals surface area contributed by atoms with Crippen LogP contribution in [-0.4, -0.2) is 127 Å². The molecule has 0 atom stereocenters. The lowest BCUT2D eigenvalue weighted by Crippen LogP contribution is -2.52. The number of halogens is 1. The molecule has 3 aromatic carbocycles. The van der Waals surface area contributed by atoms with Gasteiger partial charge in [-0.1, -0.05) is 48.5 Å². The average Bonchev–Trinajstić information content (AvgIpc) is 3.26. The van der Waals surface area contributed by atoms with Crippen molar-refractivity contribution in [3.63, 3.8) is 0 Å². The van der Waals surface area contributed by atoms with E-state index in [0.29, 0.717) is 98.9 Å². The number of nitrogens with zero attached hydrogens (tertiary/aromatic N) is 4. The summed E-state index contributed by atoms with van der Waals surface area (Å²) in [4.78, 5) is 67.6. The molecular weight excluding hydrogens is 824 g/mol. The van der Waals surface area contributed by atoms with E-state index in [1.807, 2.05) is 64.2 Å². The third-order valence-corrected chi connectivity index (χ3v) is 10.6. The lowest BCUT2D eigenvalue weighted by atomic mass is 9.94. The Labute approximate surface area is 370 Å². The summed E-state index contributed by atoms with van der Waals surface area (Å²) in [6, 6.07) is 21.8. The fourth-order valence-electron chi connectivity index (χ4n) is 7.05. The minimum atomic E-state index is -0.616. The second-order valence-electron chi connectivity index (χ2n) is 16.4. The Morgan fingerprint density at radius 1 is 0.922 bits per heavy atom. The number of piperazine rings is 1. The molecule has 2 aromatic heterocycles. The number of fused-ring (bicyclic) bond motifs is 1. The Morgan fingerprint density at radius 2 is 1.66 bits per heavy atom. The SMILES string of the molecule is Cc1ncc(-c2cccc(C3COC3)c2)cc1NC(=O)OC(C)(C)C.O=CNCCOCCNCC(=O)N1CCN(C(=O)c2cc(Cc3n[nH]c(=O)c4ccccc34)ccc2F)CC1. The fourth-order valence-corrected chi connectivity index (χ4v) is 7.05. The molecule has 2 aliphatic rings. The highest BCUT2D eigenvalue weighted by molar-refractivity contribution is 5.95. The van der Waals surface area contributed by atoms with E-state index in [9.17, 15) is 28.4 Å². The van der Waals surface area contributed by atoms with Crippen molar-refractivity contribution in [1.29, 1.82) is 0 Å².